The van der Waals surface area contributed by atoms with Crippen molar-refractivity contribution in [1.29, 1.82) is 0 Å². The molecule has 1 saturated heterocycles. The number of morpholine rings is 1. The lowest BCUT2D eigenvalue weighted by atomic mass is 9.89. The van der Waals surface area contributed by atoms with Gasteiger partial charge in [-0.1, -0.05) is 41.0 Å². The normalized spacial score (nSPS) is 21.1. The molecule has 21 heavy (non-hydrogen) atoms. The molecule has 0 radical (unpaired) electrons. The van der Waals surface area contributed by atoms with Crippen LogP contribution in [0.3, 0.4) is 0 Å². The fourth-order valence-electron chi connectivity index (χ4n) is 2.63. The van der Waals surface area contributed by atoms with Crippen LogP contribution in [0.4, 0.5) is 0 Å². The molecule has 1 fully saturated rings. The van der Waals surface area contributed by atoms with Crippen molar-refractivity contribution in [2.24, 2.45) is 11.3 Å². The van der Waals surface area contributed by atoms with Crippen molar-refractivity contribution in [3.8, 4) is 0 Å². The van der Waals surface area contributed by atoms with Crippen molar-refractivity contribution in [3.63, 3.8) is 0 Å². The fourth-order valence-corrected chi connectivity index (χ4v) is 2.63. The Bertz CT molecular complexity index is 260. The monoisotopic (exact) mass is 299 g/mol. The van der Waals surface area contributed by atoms with E-state index in [2.05, 4.69) is 39.5 Å². The molecule has 1 atom stereocenters. The minimum atomic E-state index is 0.428. The Balaban J connectivity index is 2.08. The Hall–Kier alpha value is -0.120. The van der Waals surface area contributed by atoms with Crippen LogP contribution in [-0.4, -0.2) is 50.5 Å². The first kappa shape index (κ1) is 18.9. The Labute approximate surface area is 132 Å². The highest BCUT2D eigenvalue weighted by atomic mass is 16.5. The van der Waals surface area contributed by atoms with Crippen LogP contribution in [0.25, 0.3) is 0 Å². The zero-order valence-corrected chi connectivity index (χ0v) is 15.0. The molecule has 0 unspecified atom stereocenters. The van der Waals surface area contributed by atoms with Gasteiger partial charge in [0.15, 0.2) is 0 Å². The second-order valence-electron chi connectivity index (χ2n) is 8.04. The Morgan fingerprint density at radius 3 is 2.67 bits per heavy atom. The molecular weight excluding hydrogens is 262 g/mol. The predicted molar refractivity (Wildman–Crippen MR) is 89.8 cm³/mol. The lowest BCUT2D eigenvalue weighted by molar-refractivity contribution is -0.0411. The quantitative estimate of drug-likeness (QED) is 0.601. The van der Waals surface area contributed by atoms with E-state index in [1.807, 2.05) is 0 Å². The topological polar surface area (TPSA) is 21.7 Å². The molecule has 126 valence electrons. The molecule has 0 aromatic heterocycles. The maximum atomic E-state index is 5.90. The smallest absolute Gasteiger partial charge is 0.0702 e. The van der Waals surface area contributed by atoms with E-state index in [4.69, 9.17) is 9.47 Å². The molecule has 3 nitrogen and oxygen atoms in total. The predicted octanol–water partition coefficient (Wildman–Crippen LogP) is 3.97. The maximum absolute atomic E-state index is 5.90. The standard InChI is InChI=1S/C18H37NO2/c1-16(2)8-12-20-13-10-19-11-14-21-17(15-19)7-6-9-18(3,4)5/h16-17H,6-15H2,1-5H3/t17-/m1/s1. The lowest BCUT2D eigenvalue weighted by Gasteiger charge is -2.33. The largest absolute Gasteiger partial charge is 0.380 e. The molecule has 0 amide bonds. The van der Waals surface area contributed by atoms with Gasteiger partial charge in [0.1, 0.15) is 0 Å². The van der Waals surface area contributed by atoms with Gasteiger partial charge in [0.2, 0.25) is 0 Å². The first-order chi connectivity index (χ1) is 9.87. The van der Waals surface area contributed by atoms with Crippen molar-refractivity contribution in [1.82, 2.24) is 4.90 Å². The summed E-state index contributed by atoms with van der Waals surface area (Å²) in [6, 6.07) is 0. The summed E-state index contributed by atoms with van der Waals surface area (Å²) in [6.07, 6.45) is 5.34. The van der Waals surface area contributed by atoms with Crippen LogP contribution in [-0.2, 0) is 9.47 Å². The summed E-state index contributed by atoms with van der Waals surface area (Å²) in [6.45, 7) is 17.3. The Morgan fingerprint density at radius 2 is 2.00 bits per heavy atom. The Kier molecular flexibility index (Phi) is 8.84. The van der Waals surface area contributed by atoms with E-state index >= 15 is 0 Å². The summed E-state index contributed by atoms with van der Waals surface area (Å²) in [5.41, 5.74) is 0.443. The third-order valence-electron chi connectivity index (χ3n) is 4.07. The minimum Gasteiger partial charge on any atom is -0.380 e. The van der Waals surface area contributed by atoms with Crippen LogP contribution in [0.5, 0.6) is 0 Å². The summed E-state index contributed by atoms with van der Waals surface area (Å²) < 4.78 is 11.6. The molecule has 0 bridgehead atoms. The van der Waals surface area contributed by atoms with Crippen LogP contribution in [0.2, 0.25) is 0 Å². The van der Waals surface area contributed by atoms with Gasteiger partial charge in [-0.25, -0.2) is 0 Å². The minimum absolute atomic E-state index is 0.428. The lowest BCUT2D eigenvalue weighted by Crippen LogP contribution is -2.43. The van der Waals surface area contributed by atoms with E-state index in [0.29, 0.717) is 11.5 Å². The average Bonchev–Trinajstić information content (AvgIpc) is 2.37. The molecule has 1 aliphatic heterocycles. The van der Waals surface area contributed by atoms with E-state index in [0.717, 1.165) is 45.4 Å². The Morgan fingerprint density at radius 1 is 1.24 bits per heavy atom. The summed E-state index contributed by atoms with van der Waals surface area (Å²) in [4.78, 5) is 2.50. The SMILES string of the molecule is CC(C)CCOCCN1CCO[C@H](CCCC(C)(C)C)C1. The second-order valence-corrected chi connectivity index (χ2v) is 8.04. The van der Waals surface area contributed by atoms with Gasteiger partial charge in [0.05, 0.1) is 19.3 Å². The van der Waals surface area contributed by atoms with E-state index in [1.165, 1.54) is 25.7 Å². The van der Waals surface area contributed by atoms with E-state index < -0.39 is 0 Å². The van der Waals surface area contributed by atoms with E-state index in [-0.39, 0.29) is 0 Å². The highest BCUT2D eigenvalue weighted by Gasteiger charge is 2.20. The molecular formula is C18H37NO2. The van der Waals surface area contributed by atoms with Crippen LogP contribution in [0.1, 0.15) is 60.3 Å². The van der Waals surface area contributed by atoms with Gasteiger partial charge in [-0.15, -0.1) is 0 Å². The summed E-state index contributed by atoms with van der Waals surface area (Å²) in [7, 11) is 0. The molecule has 1 heterocycles. The van der Waals surface area contributed by atoms with Crippen molar-refractivity contribution in [2.75, 3.05) is 39.5 Å². The molecule has 3 heteroatoms. The van der Waals surface area contributed by atoms with Crippen molar-refractivity contribution in [3.05, 3.63) is 0 Å². The highest BCUT2D eigenvalue weighted by molar-refractivity contribution is 4.72. The highest BCUT2D eigenvalue weighted by Crippen LogP contribution is 2.23. The molecule has 1 aliphatic rings. The summed E-state index contributed by atoms with van der Waals surface area (Å²) in [5, 5.41) is 0. The zero-order valence-electron chi connectivity index (χ0n) is 15.0. The average molecular weight is 299 g/mol. The number of hydrogen-bond donors (Lipinski definition) is 0. The van der Waals surface area contributed by atoms with Gasteiger partial charge >= 0.3 is 0 Å². The number of hydrogen-bond acceptors (Lipinski definition) is 3. The van der Waals surface area contributed by atoms with Crippen molar-refractivity contribution >= 4 is 0 Å². The van der Waals surface area contributed by atoms with Crippen molar-refractivity contribution < 1.29 is 9.47 Å². The van der Waals surface area contributed by atoms with Crippen LogP contribution < -0.4 is 0 Å². The first-order valence-electron chi connectivity index (χ1n) is 8.78. The van der Waals surface area contributed by atoms with E-state index in [9.17, 15) is 0 Å². The van der Waals surface area contributed by atoms with Crippen LogP contribution in [0.15, 0.2) is 0 Å². The zero-order chi connectivity index (χ0) is 15.7. The molecule has 0 N–H and O–H groups in total. The second kappa shape index (κ2) is 9.81. The van der Waals surface area contributed by atoms with Gasteiger partial charge in [-0.05, 0) is 30.6 Å². The van der Waals surface area contributed by atoms with Crippen LogP contribution in [0, 0.1) is 11.3 Å². The van der Waals surface area contributed by atoms with Gasteiger partial charge in [-0.3, -0.25) is 4.90 Å². The summed E-state index contributed by atoms with van der Waals surface area (Å²) in [5.74, 6) is 0.737. The molecule has 0 spiro atoms. The van der Waals surface area contributed by atoms with Gasteiger partial charge in [0.25, 0.3) is 0 Å². The third kappa shape index (κ3) is 10.3. The van der Waals surface area contributed by atoms with Gasteiger partial charge in [-0.2, -0.15) is 0 Å². The third-order valence-corrected chi connectivity index (χ3v) is 4.07. The maximum Gasteiger partial charge on any atom is 0.0702 e. The fraction of sp³-hybridized carbons (Fsp3) is 1.00. The molecule has 0 saturated carbocycles. The first-order valence-corrected chi connectivity index (χ1v) is 8.78. The molecule has 1 rings (SSSR count). The molecule has 0 aliphatic carbocycles. The number of rotatable bonds is 9. The molecule has 0 aromatic carbocycles. The van der Waals surface area contributed by atoms with Crippen molar-refractivity contribution in [2.45, 2.75) is 66.4 Å². The van der Waals surface area contributed by atoms with Gasteiger partial charge in [0, 0.05) is 26.2 Å². The van der Waals surface area contributed by atoms with Gasteiger partial charge < -0.3 is 9.47 Å². The summed E-state index contributed by atoms with van der Waals surface area (Å²) >= 11 is 0. The van der Waals surface area contributed by atoms with E-state index in [1.54, 1.807) is 0 Å². The number of nitrogens with zero attached hydrogens (tertiary/aromatic N) is 1. The molecule has 0 aromatic rings. The van der Waals surface area contributed by atoms with Crippen LogP contribution >= 0.6 is 0 Å². The number of ether oxygens (including phenoxy) is 2.